The van der Waals surface area contributed by atoms with Crippen molar-refractivity contribution in [3.8, 4) is 17.0 Å². The van der Waals surface area contributed by atoms with E-state index in [0.29, 0.717) is 23.1 Å². The highest BCUT2D eigenvalue weighted by molar-refractivity contribution is 7.99. The summed E-state index contributed by atoms with van der Waals surface area (Å²) in [4.78, 5) is 25.8. The fourth-order valence-electron chi connectivity index (χ4n) is 2.89. The highest BCUT2D eigenvalue weighted by Crippen LogP contribution is 2.29. The first-order chi connectivity index (χ1) is 14.6. The number of fused-ring (bicyclic) bond motifs is 1. The quantitative estimate of drug-likeness (QED) is 0.317. The predicted octanol–water partition coefficient (Wildman–Crippen LogP) is 5.19. The Morgan fingerprint density at radius 1 is 1.10 bits per heavy atom. The Hall–Kier alpha value is -2.97. The van der Waals surface area contributed by atoms with E-state index in [1.54, 1.807) is 18.9 Å². The number of hydrogen-bond donors (Lipinski definition) is 1. The average molecular weight is 437 g/mol. The van der Waals surface area contributed by atoms with Gasteiger partial charge in [0.05, 0.1) is 23.0 Å². The standard InChI is InChI=1S/C22H20N4O2S2/c1-14-23-18(15-6-4-3-5-7-15)13-21(24-14)29-11-10-20(27)26-22-25-17-9-8-16(28-2)12-19(17)30-22/h3-9,12-13H,10-11H2,1-2H3,(H,25,26,27). The van der Waals surface area contributed by atoms with Crippen molar-refractivity contribution in [3.63, 3.8) is 0 Å². The van der Waals surface area contributed by atoms with E-state index in [1.807, 2.05) is 61.5 Å². The van der Waals surface area contributed by atoms with E-state index in [1.165, 1.54) is 11.3 Å². The number of carbonyl (C=O) groups excluding carboxylic acids is 1. The van der Waals surface area contributed by atoms with Gasteiger partial charge in [0, 0.05) is 17.7 Å². The van der Waals surface area contributed by atoms with Crippen LogP contribution in [0.3, 0.4) is 0 Å². The summed E-state index contributed by atoms with van der Waals surface area (Å²) in [5.74, 6) is 2.04. The third-order valence-electron chi connectivity index (χ3n) is 4.31. The van der Waals surface area contributed by atoms with Crippen molar-refractivity contribution in [1.29, 1.82) is 0 Å². The molecule has 2 aromatic heterocycles. The summed E-state index contributed by atoms with van der Waals surface area (Å²) >= 11 is 2.98. The van der Waals surface area contributed by atoms with Crippen LogP contribution in [0.4, 0.5) is 5.13 Å². The van der Waals surface area contributed by atoms with E-state index in [4.69, 9.17) is 4.74 Å². The van der Waals surface area contributed by atoms with Crippen LogP contribution < -0.4 is 10.1 Å². The summed E-state index contributed by atoms with van der Waals surface area (Å²) in [5.41, 5.74) is 2.78. The number of thiazole rings is 1. The number of ether oxygens (including phenoxy) is 1. The van der Waals surface area contributed by atoms with Gasteiger partial charge in [-0.15, -0.1) is 11.8 Å². The Morgan fingerprint density at radius 2 is 1.93 bits per heavy atom. The number of amides is 1. The van der Waals surface area contributed by atoms with Crippen molar-refractivity contribution >= 4 is 44.4 Å². The number of aromatic nitrogens is 3. The third-order valence-corrected chi connectivity index (χ3v) is 6.15. The second-order valence-corrected chi connectivity index (χ2v) is 8.65. The molecule has 0 spiro atoms. The number of anilines is 1. The van der Waals surface area contributed by atoms with E-state index in [0.717, 1.165) is 32.2 Å². The molecule has 0 unspecified atom stereocenters. The Bertz CT molecular complexity index is 1180. The molecule has 0 radical (unpaired) electrons. The van der Waals surface area contributed by atoms with Crippen LogP contribution in [-0.2, 0) is 4.79 Å². The number of thioether (sulfide) groups is 1. The van der Waals surface area contributed by atoms with Crippen molar-refractivity contribution in [3.05, 3.63) is 60.4 Å². The summed E-state index contributed by atoms with van der Waals surface area (Å²) in [5, 5.41) is 4.34. The highest BCUT2D eigenvalue weighted by atomic mass is 32.2. The van der Waals surface area contributed by atoms with Crippen LogP contribution in [-0.4, -0.2) is 33.7 Å². The lowest BCUT2D eigenvalue weighted by molar-refractivity contribution is -0.115. The Labute approximate surface area is 182 Å². The summed E-state index contributed by atoms with van der Waals surface area (Å²) < 4.78 is 6.21. The van der Waals surface area contributed by atoms with Gasteiger partial charge in [0.25, 0.3) is 0 Å². The fourth-order valence-corrected chi connectivity index (χ4v) is 4.69. The summed E-state index contributed by atoms with van der Waals surface area (Å²) in [6, 6.07) is 17.6. The maximum Gasteiger partial charge on any atom is 0.226 e. The zero-order chi connectivity index (χ0) is 20.9. The largest absolute Gasteiger partial charge is 0.497 e. The van der Waals surface area contributed by atoms with Crippen LogP contribution in [0, 0.1) is 6.92 Å². The zero-order valence-electron chi connectivity index (χ0n) is 16.6. The molecule has 8 heteroatoms. The topological polar surface area (TPSA) is 77.0 Å². The van der Waals surface area contributed by atoms with Gasteiger partial charge in [-0.1, -0.05) is 41.7 Å². The van der Waals surface area contributed by atoms with Crippen LogP contribution in [0.25, 0.3) is 21.5 Å². The molecule has 1 N–H and O–H groups in total. The minimum atomic E-state index is -0.0671. The lowest BCUT2D eigenvalue weighted by Gasteiger charge is -2.06. The molecular weight excluding hydrogens is 416 g/mol. The molecule has 0 atom stereocenters. The minimum absolute atomic E-state index is 0.0671. The van der Waals surface area contributed by atoms with Crippen molar-refractivity contribution in [2.45, 2.75) is 18.4 Å². The van der Waals surface area contributed by atoms with Crippen molar-refractivity contribution in [1.82, 2.24) is 15.0 Å². The highest BCUT2D eigenvalue weighted by Gasteiger charge is 2.10. The number of benzene rings is 2. The van der Waals surface area contributed by atoms with Crippen LogP contribution in [0.2, 0.25) is 0 Å². The normalized spacial score (nSPS) is 10.9. The molecule has 152 valence electrons. The molecule has 0 aliphatic rings. The number of hydrogen-bond acceptors (Lipinski definition) is 7. The molecule has 0 aliphatic carbocycles. The molecule has 0 bridgehead atoms. The van der Waals surface area contributed by atoms with E-state index in [2.05, 4.69) is 20.3 Å². The van der Waals surface area contributed by atoms with Crippen LogP contribution in [0.15, 0.2) is 59.6 Å². The van der Waals surface area contributed by atoms with Crippen molar-refractivity contribution < 1.29 is 9.53 Å². The molecule has 0 saturated carbocycles. The number of nitrogens with zero attached hydrogens (tertiary/aromatic N) is 3. The third kappa shape index (κ3) is 4.95. The van der Waals surface area contributed by atoms with E-state index in [9.17, 15) is 4.79 Å². The molecule has 0 saturated heterocycles. The first kappa shape index (κ1) is 20.3. The van der Waals surface area contributed by atoms with Crippen molar-refractivity contribution in [2.24, 2.45) is 0 Å². The van der Waals surface area contributed by atoms with Crippen LogP contribution in [0.1, 0.15) is 12.2 Å². The molecular formula is C22H20N4O2S2. The van der Waals surface area contributed by atoms with E-state index >= 15 is 0 Å². The molecule has 4 aromatic rings. The zero-order valence-corrected chi connectivity index (χ0v) is 18.2. The van der Waals surface area contributed by atoms with Gasteiger partial charge in [-0.25, -0.2) is 15.0 Å². The second kappa shape index (κ2) is 9.23. The minimum Gasteiger partial charge on any atom is -0.497 e. The maximum atomic E-state index is 12.3. The Kier molecular flexibility index (Phi) is 6.25. The van der Waals surface area contributed by atoms with Gasteiger partial charge in [0.1, 0.15) is 16.6 Å². The van der Waals surface area contributed by atoms with Gasteiger partial charge in [-0.05, 0) is 31.2 Å². The van der Waals surface area contributed by atoms with E-state index in [-0.39, 0.29) is 5.91 Å². The van der Waals surface area contributed by atoms with Gasteiger partial charge in [-0.2, -0.15) is 0 Å². The average Bonchev–Trinajstić information content (AvgIpc) is 3.15. The molecule has 30 heavy (non-hydrogen) atoms. The van der Waals surface area contributed by atoms with Gasteiger partial charge in [0.15, 0.2) is 5.13 Å². The molecule has 2 heterocycles. The lowest BCUT2D eigenvalue weighted by atomic mass is 10.1. The molecule has 0 fully saturated rings. The predicted molar refractivity (Wildman–Crippen MR) is 122 cm³/mol. The number of carbonyl (C=O) groups is 1. The number of aryl methyl sites for hydroxylation is 1. The molecule has 6 nitrogen and oxygen atoms in total. The monoisotopic (exact) mass is 436 g/mol. The summed E-state index contributed by atoms with van der Waals surface area (Å²) in [6.07, 6.45) is 0.369. The van der Waals surface area contributed by atoms with Crippen LogP contribution >= 0.6 is 23.1 Å². The van der Waals surface area contributed by atoms with Gasteiger partial charge >= 0.3 is 0 Å². The SMILES string of the molecule is COc1ccc2nc(NC(=O)CCSc3cc(-c4ccccc4)nc(C)n3)sc2c1. The molecule has 1 amide bonds. The smallest absolute Gasteiger partial charge is 0.226 e. The maximum absolute atomic E-state index is 12.3. The fraction of sp³-hybridized carbons (Fsp3) is 0.182. The number of rotatable bonds is 7. The Balaban J connectivity index is 1.35. The van der Waals surface area contributed by atoms with Gasteiger partial charge in [0.2, 0.25) is 5.91 Å². The molecule has 2 aromatic carbocycles. The van der Waals surface area contributed by atoms with Crippen LogP contribution in [0.5, 0.6) is 5.75 Å². The molecule has 4 rings (SSSR count). The number of methoxy groups -OCH3 is 1. The summed E-state index contributed by atoms with van der Waals surface area (Å²) in [6.45, 7) is 1.88. The lowest BCUT2D eigenvalue weighted by Crippen LogP contribution is -2.11. The van der Waals surface area contributed by atoms with Gasteiger partial charge in [-0.3, -0.25) is 4.79 Å². The summed E-state index contributed by atoms with van der Waals surface area (Å²) in [7, 11) is 1.63. The second-order valence-electron chi connectivity index (χ2n) is 6.50. The Morgan fingerprint density at radius 3 is 2.73 bits per heavy atom. The van der Waals surface area contributed by atoms with E-state index < -0.39 is 0 Å². The van der Waals surface area contributed by atoms with Crippen molar-refractivity contribution in [2.75, 3.05) is 18.2 Å². The van der Waals surface area contributed by atoms with Gasteiger partial charge < -0.3 is 10.1 Å². The molecule has 0 aliphatic heterocycles. The number of nitrogens with one attached hydrogen (secondary N) is 1. The first-order valence-electron chi connectivity index (χ1n) is 9.39. The first-order valence-corrected chi connectivity index (χ1v) is 11.2.